The van der Waals surface area contributed by atoms with Crippen molar-refractivity contribution in [3.05, 3.63) is 29.8 Å². The second-order valence-electron chi connectivity index (χ2n) is 5.12. The lowest BCUT2D eigenvalue weighted by Crippen LogP contribution is -2.40. The fourth-order valence-corrected chi connectivity index (χ4v) is 2.02. The maximum atomic E-state index is 12.3. The lowest BCUT2D eigenvalue weighted by atomic mass is 10.1. The van der Waals surface area contributed by atoms with Crippen LogP contribution in [-0.2, 0) is 9.53 Å². The topological polar surface area (TPSA) is 61.9 Å². The van der Waals surface area contributed by atoms with Crippen LogP contribution in [0, 0.1) is 0 Å². The zero-order valence-electron chi connectivity index (χ0n) is 12.5. The van der Waals surface area contributed by atoms with E-state index in [2.05, 4.69) is 5.32 Å². The quantitative estimate of drug-likeness (QED) is 0.885. The number of carbonyl (C=O) groups is 2. The zero-order valence-corrected chi connectivity index (χ0v) is 12.5. The van der Waals surface area contributed by atoms with Crippen molar-refractivity contribution in [1.82, 2.24) is 9.80 Å². The van der Waals surface area contributed by atoms with Gasteiger partial charge in [-0.05, 0) is 24.3 Å². The van der Waals surface area contributed by atoms with E-state index in [0.29, 0.717) is 31.9 Å². The Kier molecular flexibility index (Phi) is 5.16. The fourth-order valence-electron chi connectivity index (χ4n) is 2.02. The van der Waals surface area contributed by atoms with E-state index in [-0.39, 0.29) is 18.4 Å². The zero-order chi connectivity index (χ0) is 15.2. The molecule has 1 heterocycles. The van der Waals surface area contributed by atoms with E-state index in [1.165, 1.54) is 4.90 Å². The molecule has 21 heavy (non-hydrogen) atoms. The van der Waals surface area contributed by atoms with E-state index in [4.69, 9.17) is 4.74 Å². The highest BCUT2D eigenvalue weighted by Crippen LogP contribution is 2.12. The van der Waals surface area contributed by atoms with Crippen LogP contribution >= 0.6 is 0 Å². The monoisotopic (exact) mass is 291 g/mol. The van der Waals surface area contributed by atoms with E-state index in [0.717, 1.165) is 5.69 Å². The van der Waals surface area contributed by atoms with Gasteiger partial charge in [0.1, 0.15) is 0 Å². The lowest BCUT2D eigenvalue weighted by molar-refractivity contribution is -0.126. The molecule has 2 rings (SSSR count). The summed E-state index contributed by atoms with van der Waals surface area (Å²) in [6.07, 6.45) is 0. The fraction of sp³-hybridized carbons (Fsp3) is 0.467. The highest BCUT2D eigenvalue weighted by molar-refractivity contribution is 5.94. The minimum atomic E-state index is 0.00321. The second kappa shape index (κ2) is 7.08. The summed E-state index contributed by atoms with van der Waals surface area (Å²) < 4.78 is 5.24. The minimum absolute atomic E-state index is 0.00321. The van der Waals surface area contributed by atoms with Crippen molar-refractivity contribution in [1.29, 1.82) is 0 Å². The van der Waals surface area contributed by atoms with Gasteiger partial charge in [0.25, 0.3) is 5.91 Å². The minimum Gasteiger partial charge on any atom is -0.378 e. The molecule has 1 aliphatic rings. The van der Waals surface area contributed by atoms with Gasteiger partial charge in [-0.1, -0.05) is 0 Å². The number of hydrogen-bond donors (Lipinski definition) is 1. The maximum absolute atomic E-state index is 12.3. The van der Waals surface area contributed by atoms with Crippen LogP contribution < -0.4 is 5.32 Å². The van der Waals surface area contributed by atoms with E-state index in [9.17, 15) is 9.59 Å². The predicted octanol–water partition coefficient (Wildman–Crippen LogP) is 0.659. The molecule has 6 heteroatoms. The SMILES string of the molecule is CN(C)C(=O)CNc1ccc(C(=O)N2CCOCC2)cc1. The summed E-state index contributed by atoms with van der Waals surface area (Å²) in [5.41, 5.74) is 1.48. The molecular formula is C15H21N3O3. The molecule has 1 aromatic carbocycles. The van der Waals surface area contributed by atoms with Crippen LogP contribution in [0.5, 0.6) is 0 Å². The number of nitrogens with one attached hydrogen (secondary N) is 1. The van der Waals surface area contributed by atoms with E-state index < -0.39 is 0 Å². The molecule has 114 valence electrons. The van der Waals surface area contributed by atoms with Crippen molar-refractivity contribution in [2.24, 2.45) is 0 Å². The third-order valence-electron chi connectivity index (χ3n) is 3.37. The molecule has 0 aliphatic carbocycles. The molecule has 0 spiro atoms. The Labute approximate surface area is 124 Å². The smallest absolute Gasteiger partial charge is 0.254 e. The van der Waals surface area contributed by atoms with Gasteiger partial charge in [-0.25, -0.2) is 0 Å². The van der Waals surface area contributed by atoms with Gasteiger partial charge in [-0.2, -0.15) is 0 Å². The largest absolute Gasteiger partial charge is 0.378 e. The van der Waals surface area contributed by atoms with Gasteiger partial charge in [0.05, 0.1) is 19.8 Å². The van der Waals surface area contributed by atoms with Crippen LogP contribution in [0.3, 0.4) is 0 Å². The number of anilines is 1. The van der Waals surface area contributed by atoms with Gasteiger partial charge in [0.15, 0.2) is 0 Å². The van der Waals surface area contributed by atoms with Crippen molar-refractivity contribution < 1.29 is 14.3 Å². The number of carbonyl (C=O) groups excluding carboxylic acids is 2. The summed E-state index contributed by atoms with van der Waals surface area (Å²) in [5, 5.41) is 3.04. The highest BCUT2D eigenvalue weighted by Gasteiger charge is 2.18. The van der Waals surface area contributed by atoms with Gasteiger partial charge in [0.2, 0.25) is 5.91 Å². The van der Waals surface area contributed by atoms with Crippen LogP contribution in [-0.4, -0.2) is 68.6 Å². The van der Waals surface area contributed by atoms with Crippen LogP contribution in [0.2, 0.25) is 0 Å². The molecule has 0 aromatic heterocycles. The molecule has 1 aliphatic heterocycles. The second-order valence-corrected chi connectivity index (χ2v) is 5.12. The molecule has 1 aromatic rings. The number of benzene rings is 1. The Morgan fingerprint density at radius 3 is 2.38 bits per heavy atom. The number of ether oxygens (including phenoxy) is 1. The highest BCUT2D eigenvalue weighted by atomic mass is 16.5. The van der Waals surface area contributed by atoms with E-state index in [1.807, 2.05) is 12.1 Å². The summed E-state index contributed by atoms with van der Waals surface area (Å²) >= 11 is 0. The number of likely N-dealkylation sites (N-methyl/N-ethyl adjacent to an activating group) is 1. The van der Waals surface area contributed by atoms with E-state index >= 15 is 0 Å². The van der Waals surface area contributed by atoms with Crippen LogP contribution in [0.1, 0.15) is 10.4 Å². The third kappa shape index (κ3) is 4.19. The van der Waals surface area contributed by atoms with Gasteiger partial charge in [-0.3, -0.25) is 9.59 Å². The van der Waals surface area contributed by atoms with Crippen molar-refractivity contribution in [2.75, 3.05) is 52.3 Å². The normalized spacial score (nSPS) is 14.7. The molecule has 6 nitrogen and oxygen atoms in total. The first-order valence-corrected chi connectivity index (χ1v) is 6.99. The Balaban J connectivity index is 1.92. The van der Waals surface area contributed by atoms with Crippen molar-refractivity contribution in [2.45, 2.75) is 0 Å². The van der Waals surface area contributed by atoms with Crippen LogP contribution in [0.4, 0.5) is 5.69 Å². The molecule has 0 radical (unpaired) electrons. The molecule has 0 unspecified atom stereocenters. The van der Waals surface area contributed by atoms with Gasteiger partial charge in [-0.15, -0.1) is 0 Å². The lowest BCUT2D eigenvalue weighted by Gasteiger charge is -2.26. The summed E-state index contributed by atoms with van der Waals surface area (Å²) in [5.74, 6) is 0.0256. The Hall–Kier alpha value is -2.08. The molecule has 1 fully saturated rings. The molecule has 2 amide bonds. The van der Waals surface area contributed by atoms with Crippen molar-refractivity contribution in [3.63, 3.8) is 0 Å². The Bertz CT molecular complexity index is 493. The average Bonchev–Trinajstić information content (AvgIpc) is 2.53. The number of amides is 2. The van der Waals surface area contributed by atoms with Crippen LogP contribution in [0.25, 0.3) is 0 Å². The summed E-state index contributed by atoms with van der Waals surface area (Å²) in [6, 6.07) is 7.19. The predicted molar refractivity (Wildman–Crippen MR) is 80.3 cm³/mol. The maximum Gasteiger partial charge on any atom is 0.254 e. The van der Waals surface area contributed by atoms with Gasteiger partial charge < -0.3 is 19.9 Å². The number of hydrogen-bond acceptors (Lipinski definition) is 4. The molecule has 0 bridgehead atoms. The molecule has 1 saturated heterocycles. The number of rotatable bonds is 4. The van der Waals surface area contributed by atoms with Crippen molar-refractivity contribution in [3.8, 4) is 0 Å². The molecular weight excluding hydrogens is 270 g/mol. The Morgan fingerprint density at radius 2 is 1.81 bits per heavy atom. The van der Waals surface area contributed by atoms with E-state index in [1.54, 1.807) is 31.1 Å². The first kappa shape index (κ1) is 15.3. The molecule has 0 atom stereocenters. The first-order valence-electron chi connectivity index (χ1n) is 6.99. The first-order chi connectivity index (χ1) is 10.1. The summed E-state index contributed by atoms with van der Waals surface area (Å²) in [7, 11) is 3.43. The van der Waals surface area contributed by atoms with Crippen LogP contribution in [0.15, 0.2) is 24.3 Å². The molecule has 1 N–H and O–H groups in total. The number of morpholine rings is 1. The average molecular weight is 291 g/mol. The molecule has 0 saturated carbocycles. The standard InChI is InChI=1S/C15H21N3O3/c1-17(2)14(19)11-16-13-5-3-12(4-6-13)15(20)18-7-9-21-10-8-18/h3-6,16H,7-11H2,1-2H3. The Morgan fingerprint density at radius 1 is 1.19 bits per heavy atom. The van der Waals surface area contributed by atoms with Gasteiger partial charge in [0, 0.05) is 38.4 Å². The van der Waals surface area contributed by atoms with Crippen molar-refractivity contribution >= 4 is 17.5 Å². The summed E-state index contributed by atoms with van der Waals surface area (Å²) in [6.45, 7) is 2.70. The third-order valence-corrected chi connectivity index (χ3v) is 3.37. The summed E-state index contributed by atoms with van der Waals surface area (Å²) in [4.78, 5) is 27.1. The van der Waals surface area contributed by atoms with Gasteiger partial charge >= 0.3 is 0 Å². The number of nitrogens with zero attached hydrogens (tertiary/aromatic N) is 2.